The number of hydrogen-bond acceptors (Lipinski definition) is 2. The van der Waals surface area contributed by atoms with E-state index in [1.54, 1.807) is 12.3 Å². The Labute approximate surface area is 133 Å². The summed E-state index contributed by atoms with van der Waals surface area (Å²) in [5.41, 5.74) is 4.04. The van der Waals surface area contributed by atoms with Crippen molar-refractivity contribution < 1.29 is 4.79 Å². The summed E-state index contributed by atoms with van der Waals surface area (Å²) in [6, 6.07) is 15.0. The molecule has 0 spiro atoms. The normalized spacial score (nSPS) is 10.6. The van der Waals surface area contributed by atoms with E-state index in [1.165, 1.54) is 0 Å². The number of carbonyl (C=O) groups excluding carboxylic acids is 1. The Bertz CT molecular complexity index is 628. The molecule has 2 aromatic carbocycles. The molecule has 0 aliphatic carbocycles. The van der Waals surface area contributed by atoms with Crippen LogP contribution in [-0.4, -0.2) is 12.1 Å². The van der Waals surface area contributed by atoms with Gasteiger partial charge in [-0.05, 0) is 56.7 Å². The van der Waals surface area contributed by atoms with Crippen molar-refractivity contribution in [3.63, 3.8) is 0 Å². The van der Waals surface area contributed by atoms with E-state index in [0.29, 0.717) is 5.56 Å². The highest BCUT2D eigenvalue weighted by Crippen LogP contribution is 2.15. The minimum atomic E-state index is -0.241. The van der Waals surface area contributed by atoms with Crippen LogP contribution in [0.5, 0.6) is 0 Å². The van der Waals surface area contributed by atoms with E-state index < -0.39 is 0 Å². The van der Waals surface area contributed by atoms with Gasteiger partial charge >= 0.3 is 0 Å². The highest BCUT2D eigenvalue weighted by Gasteiger charge is 2.07. The van der Waals surface area contributed by atoms with Crippen LogP contribution in [0.2, 0.25) is 0 Å². The van der Waals surface area contributed by atoms with E-state index in [0.717, 1.165) is 13.6 Å². The first-order chi connectivity index (χ1) is 9.18. The van der Waals surface area contributed by atoms with Crippen LogP contribution in [0.4, 0.5) is 0 Å². The predicted octanol–water partition coefficient (Wildman–Crippen LogP) is 3.82. The fourth-order valence-corrected chi connectivity index (χ4v) is 2.44. The molecule has 2 rings (SSSR count). The Morgan fingerprint density at radius 3 is 2.58 bits per heavy atom. The zero-order valence-corrected chi connectivity index (χ0v) is 13.6. The molecule has 0 bridgehead atoms. The molecule has 0 fully saturated rings. The van der Waals surface area contributed by atoms with E-state index in [4.69, 9.17) is 0 Å². The lowest BCUT2D eigenvalue weighted by molar-refractivity contribution is 0.0954. The zero-order chi connectivity index (χ0) is 13.7. The molecule has 1 amide bonds. The van der Waals surface area contributed by atoms with Gasteiger partial charge in [0.2, 0.25) is 0 Å². The van der Waals surface area contributed by atoms with Crippen LogP contribution in [0.25, 0.3) is 0 Å². The Balaban J connectivity index is 2.06. The Morgan fingerprint density at radius 2 is 1.84 bits per heavy atom. The molecule has 5 heteroatoms. The minimum Gasteiger partial charge on any atom is -0.267 e. The van der Waals surface area contributed by atoms with Gasteiger partial charge in [-0.25, -0.2) is 5.43 Å². The van der Waals surface area contributed by atoms with Crippen molar-refractivity contribution in [1.82, 2.24) is 5.43 Å². The third-order valence-corrected chi connectivity index (χ3v) is 4.07. The predicted molar refractivity (Wildman–Crippen MR) is 88.4 cm³/mol. The van der Waals surface area contributed by atoms with Gasteiger partial charge in [0.25, 0.3) is 5.91 Å². The number of amides is 1. The summed E-state index contributed by atoms with van der Waals surface area (Å²) < 4.78 is 1.83. The highest BCUT2D eigenvalue weighted by atomic mass is 127. The van der Waals surface area contributed by atoms with Crippen LogP contribution in [0.1, 0.15) is 15.9 Å². The molecule has 0 saturated carbocycles. The molecule has 2 aromatic rings. The largest absolute Gasteiger partial charge is 0.272 e. The van der Waals surface area contributed by atoms with Gasteiger partial charge in [0.15, 0.2) is 0 Å². The van der Waals surface area contributed by atoms with E-state index in [-0.39, 0.29) is 5.91 Å². The van der Waals surface area contributed by atoms with E-state index >= 15 is 0 Å². The van der Waals surface area contributed by atoms with E-state index in [9.17, 15) is 4.79 Å². The summed E-state index contributed by atoms with van der Waals surface area (Å²) in [6.45, 7) is 0. The summed E-state index contributed by atoms with van der Waals surface area (Å²) in [7, 11) is 0. The Kier molecular flexibility index (Phi) is 5.09. The van der Waals surface area contributed by atoms with Crippen LogP contribution in [0, 0.1) is 3.57 Å². The van der Waals surface area contributed by atoms with Crippen molar-refractivity contribution in [3.8, 4) is 0 Å². The molecular formula is C14H10BrIN2O. The quantitative estimate of drug-likeness (QED) is 0.450. The summed E-state index contributed by atoms with van der Waals surface area (Å²) in [5, 5.41) is 3.97. The Morgan fingerprint density at radius 1 is 1.16 bits per heavy atom. The number of hydrazone groups is 1. The first kappa shape index (κ1) is 14.2. The smallest absolute Gasteiger partial charge is 0.267 e. The van der Waals surface area contributed by atoms with Crippen LogP contribution in [-0.2, 0) is 0 Å². The lowest BCUT2D eigenvalue weighted by Gasteiger charge is -2.02. The van der Waals surface area contributed by atoms with Gasteiger partial charge in [0, 0.05) is 13.6 Å². The average Bonchev–Trinajstić information content (AvgIpc) is 2.41. The van der Waals surface area contributed by atoms with Gasteiger partial charge < -0.3 is 0 Å². The molecule has 0 heterocycles. The number of nitrogens with one attached hydrogen (secondary N) is 1. The zero-order valence-electron chi connectivity index (χ0n) is 9.81. The van der Waals surface area contributed by atoms with Crippen LogP contribution in [0.15, 0.2) is 58.1 Å². The standard InChI is InChI=1S/C14H10BrIN2O/c15-12-7-3-2-6-11(12)14(19)18-17-9-10-5-1-4-8-13(10)16/h1-9H,(H,18,19)/b17-9+. The lowest BCUT2D eigenvalue weighted by atomic mass is 10.2. The molecule has 0 aliphatic rings. The van der Waals surface area contributed by atoms with Gasteiger partial charge in [-0.2, -0.15) is 5.10 Å². The van der Waals surface area contributed by atoms with Crippen molar-refractivity contribution >= 4 is 50.6 Å². The molecule has 0 radical (unpaired) electrons. The van der Waals surface area contributed by atoms with E-state index in [1.807, 2.05) is 42.5 Å². The van der Waals surface area contributed by atoms with E-state index in [2.05, 4.69) is 49.0 Å². The lowest BCUT2D eigenvalue weighted by Crippen LogP contribution is -2.18. The summed E-state index contributed by atoms with van der Waals surface area (Å²) in [4.78, 5) is 11.9. The number of halogens is 2. The summed E-state index contributed by atoms with van der Waals surface area (Å²) >= 11 is 5.55. The molecule has 0 unspecified atom stereocenters. The van der Waals surface area contributed by atoms with Gasteiger partial charge in [-0.1, -0.05) is 30.3 Å². The third kappa shape index (κ3) is 3.87. The number of nitrogens with zero attached hydrogens (tertiary/aromatic N) is 1. The second-order valence-electron chi connectivity index (χ2n) is 3.70. The van der Waals surface area contributed by atoms with Crippen molar-refractivity contribution in [2.24, 2.45) is 5.10 Å². The maximum atomic E-state index is 11.9. The topological polar surface area (TPSA) is 41.5 Å². The molecule has 0 aromatic heterocycles. The van der Waals surface area contributed by atoms with Gasteiger partial charge in [0.1, 0.15) is 0 Å². The molecule has 3 nitrogen and oxygen atoms in total. The maximum Gasteiger partial charge on any atom is 0.272 e. The SMILES string of the molecule is O=C(N/N=C/c1ccccc1I)c1ccccc1Br. The number of carbonyl (C=O) groups is 1. The van der Waals surface area contributed by atoms with Crippen molar-refractivity contribution in [2.75, 3.05) is 0 Å². The average molecular weight is 429 g/mol. The highest BCUT2D eigenvalue weighted by molar-refractivity contribution is 14.1. The van der Waals surface area contributed by atoms with Crippen molar-refractivity contribution in [3.05, 3.63) is 67.7 Å². The van der Waals surface area contributed by atoms with Gasteiger partial charge in [-0.15, -0.1) is 0 Å². The van der Waals surface area contributed by atoms with Crippen LogP contribution in [0.3, 0.4) is 0 Å². The number of hydrogen-bond donors (Lipinski definition) is 1. The van der Waals surface area contributed by atoms with Crippen LogP contribution >= 0.6 is 38.5 Å². The molecule has 0 aliphatic heterocycles. The van der Waals surface area contributed by atoms with Crippen molar-refractivity contribution in [2.45, 2.75) is 0 Å². The monoisotopic (exact) mass is 428 g/mol. The fraction of sp³-hybridized carbons (Fsp3) is 0. The number of benzene rings is 2. The molecular weight excluding hydrogens is 419 g/mol. The first-order valence-electron chi connectivity index (χ1n) is 5.51. The van der Waals surface area contributed by atoms with Gasteiger partial charge in [0.05, 0.1) is 11.8 Å². The fourth-order valence-electron chi connectivity index (χ4n) is 1.45. The second kappa shape index (κ2) is 6.81. The summed E-state index contributed by atoms with van der Waals surface area (Å²) in [5.74, 6) is -0.241. The summed E-state index contributed by atoms with van der Waals surface area (Å²) in [6.07, 6.45) is 1.64. The molecule has 0 atom stereocenters. The minimum absolute atomic E-state index is 0.241. The molecule has 1 N–H and O–H groups in total. The van der Waals surface area contributed by atoms with Crippen LogP contribution < -0.4 is 5.43 Å². The maximum absolute atomic E-state index is 11.9. The Hall–Kier alpha value is -1.21. The molecule has 19 heavy (non-hydrogen) atoms. The third-order valence-electron chi connectivity index (χ3n) is 2.39. The second-order valence-corrected chi connectivity index (χ2v) is 5.72. The molecule has 0 saturated heterocycles. The molecule has 96 valence electrons. The number of rotatable bonds is 3. The van der Waals surface area contributed by atoms with Gasteiger partial charge in [-0.3, -0.25) is 4.79 Å². The first-order valence-corrected chi connectivity index (χ1v) is 7.38. The van der Waals surface area contributed by atoms with Crippen molar-refractivity contribution in [1.29, 1.82) is 0 Å².